The Morgan fingerprint density at radius 1 is 1.00 bits per heavy atom. The van der Waals surface area contributed by atoms with Gasteiger partial charge in [0.15, 0.2) is 0 Å². The molecule has 23 heavy (non-hydrogen) atoms. The van der Waals surface area contributed by atoms with Gasteiger partial charge in [0, 0.05) is 18.4 Å². The van der Waals surface area contributed by atoms with Crippen molar-refractivity contribution >= 4 is 0 Å². The molecule has 0 aliphatic carbocycles. The molecule has 0 radical (unpaired) electrons. The predicted molar refractivity (Wildman–Crippen MR) is 98.6 cm³/mol. The SMILES string of the molecule is CCCCCCCCC(C(C)Cc1ccccc1)n1ccnc1. The Labute approximate surface area is 142 Å². The fourth-order valence-corrected chi connectivity index (χ4v) is 3.45. The summed E-state index contributed by atoms with van der Waals surface area (Å²) in [7, 11) is 0. The Morgan fingerprint density at radius 2 is 1.74 bits per heavy atom. The van der Waals surface area contributed by atoms with Crippen LogP contribution in [0.2, 0.25) is 0 Å². The van der Waals surface area contributed by atoms with Gasteiger partial charge in [0.2, 0.25) is 0 Å². The van der Waals surface area contributed by atoms with Crippen molar-refractivity contribution in [3.05, 3.63) is 54.6 Å². The molecule has 1 aromatic heterocycles. The molecule has 2 heteroatoms. The van der Waals surface area contributed by atoms with Crippen LogP contribution in [0.3, 0.4) is 0 Å². The van der Waals surface area contributed by atoms with Gasteiger partial charge in [0.05, 0.1) is 6.33 Å². The van der Waals surface area contributed by atoms with Crippen molar-refractivity contribution in [3.63, 3.8) is 0 Å². The maximum Gasteiger partial charge on any atom is 0.0948 e. The van der Waals surface area contributed by atoms with E-state index < -0.39 is 0 Å². The zero-order valence-corrected chi connectivity index (χ0v) is 14.8. The number of aromatic nitrogens is 2. The quantitative estimate of drug-likeness (QED) is 0.461. The molecule has 126 valence electrons. The average molecular weight is 313 g/mol. The maximum absolute atomic E-state index is 4.26. The lowest BCUT2D eigenvalue weighted by atomic mass is 9.90. The monoisotopic (exact) mass is 312 g/mol. The molecule has 0 fully saturated rings. The highest BCUT2D eigenvalue weighted by atomic mass is 15.1. The molecule has 2 unspecified atom stereocenters. The third-order valence-electron chi connectivity index (χ3n) is 4.82. The van der Waals surface area contributed by atoms with Gasteiger partial charge in [-0.1, -0.05) is 82.7 Å². The van der Waals surface area contributed by atoms with Gasteiger partial charge < -0.3 is 4.57 Å². The van der Waals surface area contributed by atoms with E-state index >= 15 is 0 Å². The Hall–Kier alpha value is -1.57. The number of hydrogen-bond acceptors (Lipinski definition) is 1. The molecule has 0 aliphatic rings. The molecule has 2 aromatic rings. The summed E-state index contributed by atoms with van der Waals surface area (Å²) in [6.07, 6.45) is 16.6. The van der Waals surface area contributed by atoms with Crippen molar-refractivity contribution in [2.45, 2.75) is 71.3 Å². The predicted octanol–water partition coefficient (Wildman–Crippen LogP) is 6.05. The van der Waals surface area contributed by atoms with Crippen LogP contribution in [-0.4, -0.2) is 9.55 Å². The van der Waals surface area contributed by atoms with Gasteiger partial charge in [-0.05, 0) is 24.3 Å². The summed E-state index contributed by atoms with van der Waals surface area (Å²) in [6.45, 7) is 4.66. The Kier molecular flexibility index (Phi) is 7.92. The van der Waals surface area contributed by atoms with Crippen LogP contribution in [-0.2, 0) is 6.42 Å². The van der Waals surface area contributed by atoms with Crippen LogP contribution in [0.4, 0.5) is 0 Å². The lowest BCUT2D eigenvalue weighted by Crippen LogP contribution is -2.18. The lowest BCUT2D eigenvalue weighted by Gasteiger charge is -2.25. The smallest absolute Gasteiger partial charge is 0.0948 e. The van der Waals surface area contributed by atoms with Crippen LogP contribution >= 0.6 is 0 Å². The van der Waals surface area contributed by atoms with E-state index in [0.717, 1.165) is 6.42 Å². The summed E-state index contributed by atoms with van der Waals surface area (Å²) in [4.78, 5) is 4.26. The summed E-state index contributed by atoms with van der Waals surface area (Å²) >= 11 is 0. The van der Waals surface area contributed by atoms with E-state index in [1.165, 1.54) is 50.5 Å². The van der Waals surface area contributed by atoms with Crippen molar-refractivity contribution in [1.29, 1.82) is 0 Å². The van der Waals surface area contributed by atoms with Crippen LogP contribution in [0.15, 0.2) is 49.1 Å². The van der Waals surface area contributed by atoms with Crippen LogP contribution in [0.25, 0.3) is 0 Å². The molecule has 1 heterocycles. The van der Waals surface area contributed by atoms with Crippen LogP contribution < -0.4 is 0 Å². The molecule has 0 N–H and O–H groups in total. The zero-order valence-electron chi connectivity index (χ0n) is 14.8. The van der Waals surface area contributed by atoms with E-state index in [-0.39, 0.29) is 0 Å². The second-order valence-electron chi connectivity index (χ2n) is 6.80. The minimum atomic E-state index is 0.559. The lowest BCUT2D eigenvalue weighted by molar-refractivity contribution is 0.318. The minimum absolute atomic E-state index is 0.559. The highest BCUT2D eigenvalue weighted by molar-refractivity contribution is 5.15. The van der Waals surface area contributed by atoms with Gasteiger partial charge in [-0.3, -0.25) is 0 Å². The van der Waals surface area contributed by atoms with E-state index in [2.05, 4.69) is 59.9 Å². The summed E-state index contributed by atoms with van der Waals surface area (Å²) in [5.74, 6) is 0.627. The molecular formula is C21H32N2. The number of imidazole rings is 1. The van der Waals surface area contributed by atoms with Crippen molar-refractivity contribution in [1.82, 2.24) is 9.55 Å². The van der Waals surface area contributed by atoms with Crippen molar-refractivity contribution < 1.29 is 0 Å². The maximum atomic E-state index is 4.26. The van der Waals surface area contributed by atoms with Crippen LogP contribution in [0.5, 0.6) is 0 Å². The fraction of sp³-hybridized carbons (Fsp3) is 0.571. The fourth-order valence-electron chi connectivity index (χ4n) is 3.45. The third-order valence-corrected chi connectivity index (χ3v) is 4.82. The van der Waals surface area contributed by atoms with E-state index in [9.17, 15) is 0 Å². The summed E-state index contributed by atoms with van der Waals surface area (Å²) in [6, 6.07) is 11.4. The van der Waals surface area contributed by atoms with E-state index in [1.54, 1.807) is 0 Å². The normalized spacial score (nSPS) is 13.8. The van der Waals surface area contributed by atoms with Crippen molar-refractivity contribution in [2.24, 2.45) is 5.92 Å². The molecule has 2 nitrogen and oxygen atoms in total. The van der Waals surface area contributed by atoms with Gasteiger partial charge in [0.1, 0.15) is 0 Å². The first-order valence-corrected chi connectivity index (χ1v) is 9.32. The van der Waals surface area contributed by atoms with Gasteiger partial charge in [-0.2, -0.15) is 0 Å². The van der Waals surface area contributed by atoms with Gasteiger partial charge in [-0.25, -0.2) is 4.98 Å². The second kappa shape index (κ2) is 10.3. The van der Waals surface area contributed by atoms with Crippen molar-refractivity contribution in [2.75, 3.05) is 0 Å². The molecule has 2 atom stereocenters. The standard InChI is InChI=1S/C21H32N2/c1-3-4-5-6-7-11-14-21(23-16-15-22-18-23)19(2)17-20-12-9-8-10-13-20/h8-10,12-13,15-16,18-19,21H,3-7,11,14,17H2,1-2H3. The van der Waals surface area contributed by atoms with Crippen molar-refractivity contribution in [3.8, 4) is 0 Å². The molecule has 0 saturated heterocycles. The minimum Gasteiger partial charge on any atom is -0.334 e. The molecular weight excluding hydrogens is 280 g/mol. The zero-order chi connectivity index (χ0) is 16.3. The molecule has 0 saturated carbocycles. The molecule has 0 bridgehead atoms. The number of nitrogens with zero attached hydrogens (tertiary/aromatic N) is 2. The Morgan fingerprint density at radius 3 is 2.43 bits per heavy atom. The topological polar surface area (TPSA) is 17.8 Å². The van der Waals surface area contributed by atoms with Crippen LogP contribution in [0, 0.1) is 5.92 Å². The number of hydrogen-bond donors (Lipinski definition) is 0. The van der Waals surface area contributed by atoms with Gasteiger partial charge in [0.25, 0.3) is 0 Å². The van der Waals surface area contributed by atoms with Crippen LogP contribution in [0.1, 0.15) is 70.4 Å². The largest absolute Gasteiger partial charge is 0.334 e. The average Bonchev–Trinajstić information content (AvgIpc) is 3.09. The molecule has 0 amide bonds. The molecule has 2 rings (SSSR count). The first-order chi connectivity index (χ1) is 11.3. The summed E-state index contributed by atoms with van der Waals surface area (Å²) < 4.78 is 2.32. The second-order valence-corrected chi connectivity index (χ2v) is 6.80. The summed E-state index contributed by atoms with van der Waals surface area (Å²) in [5.41, 5.74) is 1.44. The Bertz CT molecular complexity index is 504. The van der Waals surface area contributed by atoms with Gasteiger partial charge in [-0.15, -0.1) is 0 Å². The summed E-state index contributed by atoms with van der Waals surface area (Å²) in [5, 5.41) is 0. The molecule has 0 spiro atoms. The highest BCUT2D eigenvalue weighted by Gasteiger charge is 2.18. The number of benzene rings is 1. The first-order valence-electron chi connectivity index (χ1n) is 9.32. The van der Waals surface area contributed by atoms with E-state index in [4.69, 9.17) is 0 Å². The number of unbranched alkanes of at least 4 members (excludes halogenated alkanes) is 5. The highest BCUT2D eigenvalue weighted by Crippen LogP contribution is 2.27. The molecule has 1 aromatic carbocycles. The Balaban J connectivity index is 1.87. The van der Waals surface area contributed by atoms with E-state index in [1.807, 2.05) is 12.5 Å². The molecule has 0 aliphatic heterocycles. The van der Waals surface area contributed by atoms with Gasteiger partial charge >= 0.3 is 0 Å². The first kappa shape index (κ1) is 17.8. The van der Waals surface area contributed by atoms with E-state index in [0.29, 0.717) is 12.0 Å². The third kappa shape index (κ3) is 6.21. The number of rotatable bonds is 11.